The Morgan fingerprint density at radius 1 is 1.11 bits per heavy atom. The van der Waals surface area contributed by atoms with Crippen molar-refractivity contribution in [2.75, 3.05) is 6.61 Å². The summed E-state index contributed by atoms with van der Waals surface area (Å²) in [6.45, 7) is 3.35. The predicted molar refractivity (Wildman–Crippen MR) is 126 cm³/mol. The molecule has 0 bridgehead atoms. The summed E-state index contributed by atoms with van der Waals surface area (Å²) in [5.74, 6) is -2.93. The molecule has 202 valence electrons. The Balaban J connectivity index is 1.31. The fraction of sp³-hybridized carbons (Fsp3) is 0.667. The van der Waals surface area contributed by atoms with Crippen LogP contribution in [0, 0.1) is 28.6 Å². The molecule has 0 aromatic heterocycles. The van der Waals surface area contributed by atoms with E-state index < -0.39 is 71.6 Å². The number of aliphatic hydroxyl groups excluding tert-OH is 3. The highest BCUT2D eigenvalue weighted by Gasteiger charge is 2.66. The van der Waals surface area contributed by atoms with Crippen molar-refractivity contribution >= 4 is 17.5 Å². The Morgan fingerprint density at radius 3 is 2.54 bits per heavy atom. The summed E-state index contributed by atoms with van der Waals surface area (Å²) in [6, 6.07) is 0. The van der Waals surface area contributed by atoms with Gasteiger partial charge in [-0.25, -0.2) is 9.18 Å². The van der Waals surface area contributed by atoms with Crippen molar-refractivity contribution in [1.82, 2.24) is 0 Å². The molecule has 4 aliphatic carbocycles. The number of aliphatic carboxylic acids is 1. The number of alkyl halides is 1. The van der Waals surface area contributed by atoms with Gasteiger partial charge < -0.3 is 29.9 Å². The minimum atomic E-state index is -1.85. The number of rotatable bonds is 5. The maximum absolute atomic E-state index is 16.9. The van der Waals surface area contributed by atoms with Gasteiger partial charge in [-0.2, -0.15) is 0 Å². The van der Waals surface area contributed by atoms with Gasteiger partial charge in [0.25, 0.3) is 0 Å². The Hall–Kier alpha value is -2.24. The lowest BCUT2D eigenvalue weighted by Gasteiger charge is -2.58. The van der Waals surface area contributed by atoms with E-state index in [0.717, 1.165) is 0 Å². The number of aliphatic hydroxyl groups is 3. The number of carbonyl (C=O) groups is 3. The second-order valence-corrected chi connectivity index (χ2v) is 11.5. The van der Waals surface area contributed by atoms with Gasteiger partial charge in [0.2, 0.25) is 0 Å². The van der Waals surface area contributed by atoms with Crippen LogP contribution >= 0.6 is 0 Å². The number of fused-ring (bicyclic) bond motifs is 5. The summed E-state index contributed by atoms with van der Waals surface area (Å²) in [7, 11) is 0. The highest BCUT2D eigenvalue weighted by Crippen LogP contribution is 2.67. The topological polar surface area (TPSA) is 151 Å². The number of ether oxygens (including phenoxy) is 2. The minimum Gasteiger partial charge on any atom is -0.479 e. The molecular weight excluding hydrogens is 487 g/mol. The van der Waals surface area contributed by atoms with E-state index in [1.54, 1.807) is 6.08 Å². The lowest BCUT2D eigenvalue weighted by atomic mass is 9.48. The van der Waals surface area contributed by atoms with Crippen LogP contribution in [0.5, 0.6) is 0 Å². The molecule has 9 nitrogen and oxygen atoms in total. The molecule has 0 amide bonds. The molecule has 3 fully saturated rings. The van der Waals surface area contributed by atoms with Crippen LogP contribution in [-0.4, -0.2) is 80.9 Å². The van der Waals surface area contributed by atoms with Gasteiger partial charge in [0.1, 0.15) is 30.6 Å². The third-order valence-electron chi connectivity index (χ3n) is 9.82. The van der Waals surface area contributed by atoms with Crippen LogP contribution in [-0.2, 0) is 23.9 Å². The van der Waals surface area contributed by atoms with E-state index in [2.05, 4.69) is 0 Å². The molecule has 5 aliphatic rings. The number of Topliss-reactive ketones (excluding diaryl/α,β-unsaturated/α-hetero) is 1. The largest absolute Gasteiger partial charge is 0.479 e. The molecule has 1 saturated heterocycles. The number of hydrogen-bond donors (Lipinski definition) is 4. The van der Waals surface area contributed by atoms with Gasteiger partial charge >= 0.3 is 5.97 Å². The molecule has 0 aromatic carbocycles. The number of carboxylic acids is 1. The molecule has 4 N–H and O–H groups in total. The number of halogens is 1. The van der Waals surface area contributed by atoms with Crippen molar-refractivity contribution in [3.63, 3.8) is 0 Å². The summed E-state index contributed by atoms with van der Waals surface area (Å²) in [5.41, 5.74) is -2.35. The predicted octanol–water partition coefficient (Wildman–Crippen LogP) is 1.26. The van der Waals surface area contributed by atoms with E-state index >= 15 is 4.39 Å². The van der Waals surface area contributed by atoms with E-state index in [4.69, 9.17) is 9.47 Å². The van der Waals surface area contributed by atoms with E-state index in [0.29, 0.717) is 24.8 Å². The standard InChI is InChI=1S/C27H33FO9/c1-25-9-10-27(28)16(4-3-13-11-14(29)7-8-26(13,27)2)15(25)5-6-17(25)18(30)12-36-24-21(33)19(31)20(32)22(37-24)23(34)35/h3-4,7-8,11,15-17,19-22,24,31-33H,5-6,9-10,12H2,1-2H3,(H,34,35)/t15-,16-,17+,19-,20-,21+,22-,24?,25-,26-,27+/m0/s1. The van der Waals surface area contributed by atoms with Crippen LogP contribution in [0.15, 0.2) is 36.0 Å². The summed E-state index contributed by atoms with van der Waals surface area (Å²) < 4.78 is 27.4. The zero-order valence-corrected chi connectivity index (χ0v) is 20.7. The summed E-state index contributed by atoms with van der Waals surface area (Å²) in [5, 5.41) is 39.2. The number of allylic oxidation sites excluding steroid dienone is 6. The molecule has 37 heavy (non-hydrogen) atoms. The highest BCUT2D eigenvalue weighted by atomic mass is 19.1. The second kappa shape index (κ2) is 8.91. The van der Waals surface area contributed by atoms with E-state index in [-0.39, 0.29) is 23.9 Å². The third kappa shape index (κ3) is 3.79. The first-order valence-electron chi connectivity index (χ1n) is 12.7. The van der Waals surface area contributed by atoms with E-state index in [1.165, 1.54) is 12.2 Å². The number of hydrogen-bond acceptors (Lipinski definition) is 8. The molecule has 1 aliphatic heterocycles. The van der Waals surface area contributed by atoms with Gasteiger partial charge in [0, 0.05) is 17.3 Å². The average Bonchev–Trinajstić information content (AvgIpc) is 3.20. The van der Waals surface area contributed by atoms with E-state index in [1.807, 2.05) is 26.0 Å². The number of carbonyl (C=O) groups excluding carboxylic acids is 2. The Labute approximate surface area is 213 Å². The van der Waals surface area contributed by atoms with Crippen LogP contribution in [0.4, 0.5) is 4.39 Å². The summed E-state index contributed by atoms with van der Waals surface area (Å²) in [4.78, 5) is 36.5. The molecular formula is C27H33FO9. The van der Waals surface area contributed by atoms with Gasteiger partial charge in [-0.3, -0.25) is 9.59 Å². The van der Waals surface area contributed by atoms with Crippen LogP contribution < -0.4 is 0 Å². The Morgan fingerprint density at radius 2 is 1.84 bits per heavy atom. The van der Waals surface area contributed by atoms with Crippen molar-refractivity contribution in [2.45, 2.75) is 75.9 Å². The fourth-order valence-corrected chi connectivity index (χ4v) is 7.53. The Kier molecular flexibility index (Phi) is 6.35. The molecule has 1 unspecified atom stereocenters. The molecule has 1 heterocycles. The van der Waals surface area contributed by atoms with Crippen LogP contribution in [0.1, 0.15) is 39.5 Å². The molecule has 5 rings (SSSR count). The number of carboxylic acid groups (broad SMARTS) is 1. The zero-order valence-electron chi connectivity index (χ0n) is 20.7. The lowest BCUT2D eigenvalue weighted by molar-refractivity contribution is -0.292. The SMILES string of the molecule is C[C@]12CC[C@@]3(F)[C@@H](C=CC4=CC(=O)C=C[C@@]43C)[C@@H]1CC[C@@H]2C(=O)COC1O[C@H](C(=O)O)[C@@H](O)[C@H](O)[C@H]1O. The van der Waals surface area contributed by atoms with Crippen LogP contribution in [0.3, 0.4) is 0 Å². The fourth-order valence-electron chi connectivity index (χ4n) is 7.53. The number of ketones is 2. The monoisotopic (exact) mass is 520 g/mol. The quantitative estimate of drug-likeness (QED) is 0.420. The van der Waals surface area contributed by atoms with Gasteiger partial charge in [-0.05, 0) is 61.7 Å². The third-order valence-corrected chi connectivity index (χ3v) is 9.82. The minimum absolute atomic E-state index is 0.106. The van der Waals surface area contributed by atoms with Gasteiger partial charge in [-0.1, -0.05) is 25.2 Å². The van der Waals surface area contributed by atoms with Gasteiger partial charge in [0.15, 0.2) is 24.0 Å². The molecule has 0 spiro atoms. The molecule has 2 saturated carbocycles. The summed E-state index contributed by atoms with van der Waals surface area (Å²) in [6.07, 6.45) is 1.34. The van der Waals surface area contributed by atoms with E-state index in [9.17, 15) is 34.8 Å². The molecule has 0 aromatic rings. The lowest BCUT2D eigenvalue weighted by Crippen LogP contribution is -2.60. The normalized spacial score (nSPS) is 48.6. The van der Waals surface area contributed by atoms with Gasteiger partial charge in [0.05, 0.1) is 0 Å². The second-order valence-electron chi connectivity index (χ2n) is 11.5. The molecule has 10 heteroatoms. The Bertz CT molecular complexity index is 1100. The van der Waals surface area contributed by atoms with Crippen molar-refractivity contribution in [1.29, 1.82) is 0 Å². The van der Waals surface area contributed by atoms with Crippen LogP contribution in [0.25, 0.3) is 0 Å². The zero-order chi connectivity index (χ0) is 26.9. The first-order valence-corrected chi connectivity index (χ1v) is 12.7. The maximum atomic E-state index is 16.9. The first-order chi connectivity index (χ1) is 17.3. The van der Waals surface area contributed by atoms with Crippen molar-refractivity contribution in [3.8, 4) is 0 Å². The smallest absolute Gasteiger partial charge is 0.335 e. The summed E-state index contributed by atoms with van der Waals surface area (Å²) >= 11 is 0. The molecule has 11 atom stereocenters. The van der Waals surface area contributed by atoms with Gasteiger partial charge in [-0.15, -0.1) is 0 Å². The average molecular weight is 521 g/mol. The van der Waals surface area contributed by atoms with Crippen LogP contribution in [0.2, 0.25) is 0 Å². The maximum Gasteiger partial charge on any atom is 0.335 e. The van der Waals surface area contributed by atoms with Crippen molar-refractivity contribution in [2.24, 2.45) is 28.6 Å². The van der Waals surface area contributed by atoms with Crippen molar-refractivity contribution < 1.29 is 48.7 Å². The molecule has 0 radical (unpaired) electrons. The highest BCUT2D eigenvalue weighted by molar-refractivity contribution is 6.01. The van der Waals surface area contributed by atoms with Crippen molar-refractivity contribution in [3.05, 3.63) is 36.0 Å². The first kappa shape index (κ1) is 26.4.